The number of pyridine rings is 1. The Balaban J connectivity index is 1.96. The smallest absolute Gasteiger partial charge is 0.0709 e. The fourth-order valence-corrected chi connectivity index (χ4v) is 3.74. The molecule has 0 aliphatic rings. The number of hydrogen-bond donors (Lipinski definition) is 0. The van der Waals surface area contributed by atoms with Gasteiger partial charge in [0.1, 0.15) is 0 Å². The van der Waals surface area contributed by atoms with Crippen molar-refractivity contribution in [3.8, 4) is 11.3 Å². The number of fused-ring (bicyclic) bond motifs is 3. The molecule has 0 saturated heterocycles. The molecule has 0 N–H and O–H groups in total. The lowest BCUT2D eigenvalue weighted by molar-refractivity contribution is 0.730. The fourth-order valence-electron chi connectivity index (χ4n) is 3.74. The van der Waals surface area contributed by atoms with Gasteiger partial charge >= 0.3 is 0 Å². The van der Waals surface area contributed by atoms with Gasteiger partial charge in [-0.3, -0.25) is 4.98 Å². The summed E-state index contributed by atoms with van der Waals surface area (Å²) in [6.45, 7) is 7.65. The Morgan fingerprint density at radius 2 is 1.72 bits per heavy atom. The average Bonchev–Trinajstić information content (AvgIpc) is 3.01. The van der Waals surface area contributed by atoms with Crippen molar-refractivity contribution in [3.05, 3.63) is 66.4 Å². The lowest BCUT2D eigenvalue weighted by Crippen LogP contribution is -1.94. The van der Waals surface area contributed by atoms with E-state index >= 15 is 0 Å². The van der Waals surface area contributed by atoms with Gasteiger partial charge in [-0.05, 0) is 43.0 Å². The summed E-state index contributed by atoms with van der Waals surface area (Å²) in [6.07, 6.45) is 3.18. The minimum Gasteiger partial charge on any atom is -0.341 e. The second kappa shape index (κ2) is 6.36. The number of aryl methyl sites for hydroxylation is 1. The van der Waals surface area contributed by atoms with E-state index in [1.165, 1.54) is 32.9 Å². The van der Waals surface area contributed by atoms with Gasteiger partial charge < -0.3 is 4.57 Å². The Morgan fingerprint density at radius 3 is 2.44 bits per heavy atom. The molecule has 2 heterocycles. The summed E-state index contributed by atoms with van der Waals surface area (Å²) in [5.41, 5.74) is 6.17. The van der Waals surface area contributed by atoms with Gasteiger partial charge in [0.25, 0.3) is 0 Å². The van der Waals surface area contributed by atoms with Crippen molar-refractivity contribution >= 4 is 21.8 Å². The summed E-state index contributed by atoms with van der Waals surface area (Å²) in [5.74, 6) is 0.555. The lowest BCUT2D eigenvalue weighted by Gasteiger charge is -2.10. The summed E-state index contributed by atoms with van der Waals surface area (Å²) in [5, 5.41) is 2.62. The second-order valence-corrected chi connectivity index (χ2v) is 6.75. The molecule has 1 unspecified atom stereocenters. The number of benzene rings is 2. The van der Waals surface area contributed by atoms with E-state index in [4.69, 9.17) is 4.98 Å². The predicted octanol–water partition coefficient (Wildman–Crippen LogP) is 6.39. The van der Waals surface area contributed by atoms with Gasteiger partial charge in [-0.2, -0.15) is 0 Å². The molecule has 2 aromatic carbocycles. The topological polar surface area (TPSA) is 17.8 Å². The zero-order valence-electron chi connectivity index (χ0n) is 15.2. The summed E-state index contributed by atoms with van der Waals surface area (Å²) >= 11 is 0. The number of nitrogens with zero attached hydrogens (tertiary/aromatic N) is 2. The molecule has 0 radical (unpaired) electrons. The van der Waals surface area contributed by atoms with Crippen LogP contribution >= 0.6 is 0 Å². The summed E-state index contributed by atoms with van der Waals surface area (Å²) < 4.78 is 2.39. The third-order valence-corrected chi connectivity index (χ3v) is 5.36. The fraction of sp³-hybridized carbons (Fsp3) is 0.261. The quantitative estimate of drug-likeness (QED) is 0.424. The lowest BCUT2D eigenvalue weighted by atomic mass is 9.98. The number of para-hydroxylation sites is 1. The zero-order valence-corrected chi connectivity index (χ0v) is 15.2. The molecule has 0 aliphatic heterocycles. The minimum atomic E-state index is 0.555. The highest BCUT2D eigenvalue weighted by atomic mass is 15.0. The molecule has 0 aliphatic carbocycles. The van der Waals surface area contributed by atoms with Gasteiger partial charge in [-0.1, -0.05) is 50.2 Å². The molecule has 25 heavy (non-hydrogen) atoms. The third-order valence-electron chi connectivity index (χ3n) is 5.36. The van der Waals surface area contributed by atoms with Gasteiger partial charge in [0.05, 0.1) is 5.69 Å². The average molecular weight is 328 g/mol. The largest absolute Gasteiger partial charge is 0.341 e. The van der Waals surface area contributed by atoms with Crippen molar-refractivity contribution in [2.75, 3.05) is 0 Å². The first kappa shape index (κ1) is 15.9. The van der Waals surface area contributed by atoms with Crippen molar-refractivity contribution in [1.29, 1.82) is 0 Å². The van der Waals surface area contributed by atoms with Crippen LogP contribution in [0.15, 0.2) is 60.8 Å². The van der Waals surface area contributed by atoms with Crippen LogP contribution in [0.4, 0.5) is 0 Å². The van der Waals surface area contributed by atoms with Crippen molar-refractivity contribution < 1.29 is 0 Å². The van der Waals surface area contributed by atoms with Crippen LogP contribution in [0.2, 0.25) is 0 Å². The molecule has 4 rings (SSSR count). The third kappa shape index (κ3) is 2.53. The van der Waals surface area contributed by atoms with Crippen LogP contribution in [0.5, 0.6) is 0 Å². The Hall–Kier alpha value is -2.61. The number of aromatic nitrogens is 2. The van der Waals surface area contributed by atoms with Gasteiger partial charge in [0.2, 0.25) is 0 Å². The van der Waals surface area contributed by atoms with E-state index in [2.05, 4.69) is 79.9 Å². The number of rotatable bonds is 4. The van der Waals surface area contributed by atoms with Crippen molar-refractivity contribution in [2.24, 2.45) is 0 Å². The minimum absolute atomic E-state index is 0.555. The van der Waals surface area contributed by atoms with E-state index in [1.807, 2.05) is 6.20 Å². The predicted molar refractivity (Wildman–Crippen MR) is 107 cm³/mol. The standard InChI is InChI=1S/C23H24N2/c1-4-16(3)17-13-14-20(24-15-17)18-10-8-12-22-23(18)19-9-6-7-11-21(19)25(22)5-2/h6-16H,4-5H2,1-3H3. The highest BCUT2D eigenvalue weighted by molar-refractivity contribution is 6.14. The second-order valence-electron chi connectivity index (χ2n) is 6.75. The van der Waals surface area contributed by atoms with Crippen LogP contribution in [0.25, 0.3) is 33.1 Å². The SMILES string of the molecule is CCC(C)c1ccc(-c2cccc3c2c2ccccc2n3CC)nc1. The maximum atomic E-state index is 4.80. The molecule has 0 bridgehead atoms. The van der Waals surface area contributed by atoms with Crippen molar-refractivity contribution in [3.63, 3.8) is 0 Å². The molecule has 1 atom stereocenters. The monoisotopic (exact) mass is 328 g/mol. The van der Waals surface area contributed by atoms with Gasteiger partial charge in [-0.25, -0.2) is 0 Å². The first-order valence-corrected chi connectivity index (χ1v) is 9.20. The van der Waals surface area contributed by atoms with E-state index in [1.54, 1.807) is 0 Å². The Bertz CT molecular complexity index is 1030. The Kier molecular flexibility index (Phi) is 4.04. The molecule has 0 amide bonds. The van der Waals surface area contributed by atoms with E-state index in [9.17, 15) is 0 Å². The summed E-state index contributed by atoms with van der Waals surface area (Å²) in [6, 6.07) is 19.6. The maximum Gasteiger partial charge on any atom is 0.0709 e. The molecular formula is C23H24N2. The van der Waals surface area contributed by atoms with Gasteiger partial charge in [-0.15, -0.1) is 0 Å². The Morgan fingerprint density at radius 1 is 0.920 bits per heavy atom. The summed E-state index contributed by atoms with van der Waals surface area (Å²) in [7, 11) is 0. The molecule has 4 aromatic rings. The normalized spacial score (nSPS) is 12.8. The van der Waals surface area contributed by atoms with E-state index in [0.29, 0.717) is 5.92 Å². The number of hydrogen-bond acceptors (Lipinski definition) is 1. The van der Waals surface area contributed by atoms with Gasteiger partial charge in [0, 0.05) is 40.1 Å². The molecule has 0 fully saturated rings. The molecule has 0 spiro atoms. The van der Waals surface area contributed by atoms with Crippen molar-refractivity contribution in [1.82, 2.24) is 9.55 Å². The molecule has 2 heteroatoms. The van der Waals surface area contributed by atoms with Crippen molar-refractivity contribution in [2.45, 2.75) is 39.7 Å². The van der Waals surface area contributed by atoms with Crippen LogP contribution in [0.1, 0.15) is 38.7 Å². The summed E-state index contributed by atoms with van der Waals surface area (Å²) in [4.78, 5) is 4.80. The molecular weight excluding hydrogens is 304 g/mol. The van der Waals surface area contributed by atoms with E-state index in [-0.39, 0.29) is 0 Å². The van der Waals surface area contributed by atoms with Crippen LogP contribution < -0.4 is 0 Å². The zero-order chi connectivity index (χ0) is 17.4. The first-order chi connectivity index (χ1) is 12.2. The molecule has 2 nitrogen and oxygen atoms in total. The molecule has 2 aromatic heterocycles. The first-order valence-electron chi connectivity index (χ1n) is 9.20. The van der Waals surface area contributed by atoms with Crippen LogP contribution in [0, 0.1) is 0 Å². The van der Waals surface area contributed by atoms with E-state index in [0.717, 1.165) is 18.7 Å². The van der Waals surface area contributed by atoms with Crippen LogP contribution in [-0.2, 0) is 6.54 Å². The Labute approximate surface area is 149 Å². The molecule has 0 saturated carbocycles. The highest BCUT2D eigenvalue weighted by Crippen LogP contribution is 2.36. The maximum absolute atomic E-state index is 4.80. The van der Waals surface area contributed by atoms with Gasteiger partial charge in [0.15, 0.2) is 0 Å². The highest BCUT2D eigenvalue weighted by Gasteiger charge is 2.14. The van der Waals surface area contributed by atoms with E-state index < -0.39 is 0 Å². The van der Waals surface area contributed by atoms with Crippen LogP contribution in [-0.4, -0.2) is 9.55 Å². The molecule has 126 valence electrons. The van der Waals surface area contributed by atoms with Crippen LogP contribution in [0.3, 0.4) is 0 Å².